The molecular formula is C48H66F2N10O10S. The van der Waals surface area contributed by atoms with Gasteiger partial charge in [0.1, 0.15) is 6.61 Å². The highest BCUT2D eigenvalue weighted by molar-refractivity contribution is 8.00. The molecule has 3 aromatic rings. The molecule has 0 saturated carbocycles. The number of halogens is 2. The number of hydrogen-bond acceptors (Lipinski definition) is 15. The number of urea groups is 1. The van der Waals surface area contributed by atoms with Crippen LogP contribution in [0.15, 0.2) is 61.3 Å². The van der Waals surface area contributed by atoms with Crippen LogP contribution in [0.2, 0.25) is 0 Å². The summed E-state index contributed by atoms with van der Waals surface area (Å²) in [5.41, 5.74) is 1.21. The van der Waals surface area contributed by atoms with E-state index in [9.17, 15) is 32.8 Å². The quantitative estimate of drug-likeness (QED) is 0.0221. The van der Waals surface area contributed by atoms with E-state index in [0.717, 1.165) is 43.7 Å². The van der Waals surface area contributed by atoms with Gasteiger partial charge in [0.2, 0.25) is 29.6 Å². The van der Waals surface area contributed by atoms with Crippen LogP contribution in [0.25, 0.3) is 0 Å². The number of carbonyl (C=O) groups is 5. The summed E-state index contributed by atoms with van der Waals surface area (Å²) in [5, 5.41) is 23.2. The molecule has 0 unspecified atom stereocenters. The molecule has 0 spiro atoms. The van der Waals surface area contributed by atoms with Gasteiger partial charge in [-0.3, -0.25) is 19.2 Å². The van der Waals surface area contributed by atoms with Gasteiger partial charge in [0.05, 0.1) is 57.9 Å². The molecule has 3 heterocycles. The molecule has 2 fully saturated rings. The number of thioether (sulfide) groups is 1. The third kappa shape index (κ3) is 21.8. The number of unbranched alkanes of at least 4 members (excludes halogenated alkanes) is 1. The van der Waals surface area contributed by atoms with Gasteiger partial charge >= 0.3 is 6.03 Å². The summed E-state index contributed by atoms with van der Waals surface area (Å²) in [6.07, 6.45) is 7.56. The normalized spacial score (nSPS) is 15.7. The predicted molar refractivity (Wildman–Crippen MR) is 265 cm³/mol. The third-order valence-electron chi connectivity index (χ3n) is 10.8. The molecular weight excluding hydrogens is 947 g/mol. The average molecular weight is 1010 g/mol. The number of aromatic nitrogens is 2. The fraction of sp³-hybridized carbons (Fsp3) is 0.521. The van der Waals surface area contributed by atoms with Crippen LogP contribution in [0.1, 0.15) is 57.8 Å². The Kier molecular flexibility index (Phi) is 25.1. The van der Waals surface area contributed by atoms with Crippen molar-refractivity contribution in [2.24, 2.45) is 0 Å². The first kappa shape index (κ1) is 55.8. The van der Waals surface area contributed by atoms with Crippen molar-refractivity contribution in [2.45, 2.75) is 75.1 Å². The molecule has 23 heteroatoms. The lowest BCUT2D eigenvalue weighted by Crippen LogP contribution is -2.36. The maximum Gasteiger partial charge on any atom is 0.315 e. The number of hydrogen-bond donors (Lipinski definition) is 8. The largest absolute Gasteiger partial charge is 0.488 e. The summed E-state index contributed by atoms with van der Waals surface area (Å²) in [6.45, 7) is 7.86. The molecule has 2 saturated heterocycles. The lowest BCUT2D eigenvalue weighted by Gasteiger charge is -2.16. The molecule has 20 nitrogen and oxygen atoms in total. The first-order chi connectivity index (χ1) is 34.6. The molecule has 3 atom stereocenters. The number of nitrogens with zero attached hydrogens (tertiary/aromatic N) is 2. The van der Waals surface area contributed by atoms with Crippen LogP contribution in [0.5, 0.6) is 5.75 Å². The Hall–Kier alpha value is -6.14. The van der Waals surface area contributed by atoms with Gasteiger partial charge in [0, 0.05) is 86.2 Å². The summed E-state index contributed by atoms with van der Waals surface area (Å²) in [4.78, 5) is 67.6. The number of anilines is 5. The second kappa shape index (κ2) is 32.0. The van der Waals surface area contributed by atoms with Crippen molar-refractivity contribution in [2.75, 3.05) is 101 Å². The Morgan fingerprint density at radius 3 is 2.04 bits per heavy atom. The van der Waals surface area contributed by atoms with E-state index in [-0.39, 0.29) is 92.6 Å². The van der Waals surface area contributed by atoms with Crippen molar-refractivity contribution in [3.8, 4) is 5.75 Å². The second-order valence-corrected chi connectivity index (χ2v) is 17.6. The van der Waals surface area contributed by atoms with Gasteiger partial charge in [-0.1, -0.05) is 19.1 Å². The number of nitrogens with one attached hydrogen (secondary N) is 8. The summed E-state index contributed by atoms with van der Waals surface area (Å²) < 4.78 is 56.9. The standard InChI is InChI=1S/C48H66F2N10O10S/c1-2-41(61)55-33-9-5-10-34(29-33)56-46-37(50)31-54-47(60-46)57-35-15-16-39(36(49)30-35)70-28-27-68-22-19-53-44(64)14-6-13-43(63)52-18-8-21-67-24-26-69-25-23-66-20-7-17-51-42(62)12-4-3-11-40-45-38(32-71-40)58-48(65)59-45/h2,5,9-10,15-16,29-31,38,40,45H,1,3-4,6-8,11-14,17-28,32H2,(H,51,62)(H,52,63)(H,53,64)(H,55,61)(H2,58,59,65)(H2,54,56,57,60)/t38-,40-,45-/m0/s1. The zero-order valence-electron chi connectivity index (χ0n) is 39.8. The van der Waals surface area contributed by atoms with Crippen LogP contribution in [-0.2, 0) is 38.1 Å². The van der Waals surface area contributed by atoms with Crippen LogP contribution < -0.4 is 47.3 Å². The highest BCUT2D eigenvalue weighted by Crippen LogP contribution is 2.33. The Morgan fingerprint density at radius 1 is 0.704 bits per heavy atom. The SMILES string of the molecule is C=CC(=O)Nc1cccc(Nc2nc(Nc3ccc(OCCOCCNC(=O)CCCC(=O)NCCCOCCOCCOCCCNC(=O)CCCC[C@@H]4SC[C@@H]5NC(=O)N[C@@H]54)c(F)c3)ncc2F)c1. The van der Waals surface area contributed by atoms with Crippen LogP contribution in [0.3, 0.4) is 0 Å². The average Bonchev–Trinajstić information content (AvgIpc) is 3.91. The van der Waals surface area contributed by atoms with Crippen LogP contribution in [-0.4, -0.2) is 142 Å². The summed E-state index contributed by atoms with van der Waals surface area (Å²) in [7, 11) is 0. The van der Waals surface area contributed by atoms with E-state index >= 15 is 0 Å². The molecule has 2 aliphatic rings. The maximum absolute atomic E-state index is 14.8. The number of rotatable bonds is 36. The van der Waals surface area contributed by atoms with Crippen molar-refractivity contribution in [1.82, 2.24) is 36.6 Å². The first-order valence-electron chi connectivity index (χ1n) is 23.9. The summed E-state index contributed by atoms with van der Waals surface area (Å²) in [6, 6.07) is 11.1. The molecule has 2 aromatic carbocycles. The summed E-state index contributed by atoms with van der Waals surface area (Å²) >= 11 is 1.89. The van der Waals surface area contributed by atoms with Crippen molar-refractivity contribution in [1.29, 1.82) is 0 Å². The third-order valence-corrected chi connectivity index (χ3v) is 12.3. The molecule has 2 aliphatic heterocycles. The minimum absolute atomic E-state index is 0.00120. The van der Waals surface area contributed by atoms with Gasteiger partial charge in [0.15, 0.2) is 23.2 Å². The molecule has 6 amide bonds. The summed E-state index contributed by atoms with van der Waals surface area (Å²) in [5.74, 6) is -1.29. The van der Waals surface area contributed by atoms with E-state index in [4.69, 9.17) is 23.7 Å². The lowest BCUT2D eigenvalue weighted by atomic mass is 10.0. The highest BCUT2D eigenvalue weighted by Gasteiger charge is 2.42. The van der Waals surface area contributed by atoms with Crippen LogP contribution >= 0.6 is 11.8 Å². The minimum Gasteiger partial charge on any atom is -0.488 e. The molecule has 71 heavy (non-hydrogen) atoms. The van der Waals surface area contributed by atoms with Gasteiger partial charge in [-0.25, -0.2) is 18.6 Å². The molecule has 0 bridgehead atoms. The van der Waals surface area contributed by atoms with E-state index in [2.05, 4.69) is 59.1 Å². The second-order valence-electron chi connectivity index (χ2n) is 16.3. The number of carbonyl (C=O) groups excluding carboxylic acids is 5. The van der Waals surface area contributed by atoms with E-state index in [1.54, 1.807) is 30.3 Å². The predicted octanol–water partition coefficient (Wildman–Crippen LogP) is 4.84. The van der Waals surface area contributed by atoms with Crippen molar-refractivity contribution < 1.29 is 56.4 Å². The Balaban J connectivity index is 0.763. The molecule has 388 valence electrons. The highest BCUT2D eigenvalue weighted by atomic mass is 32.2. The topological polar surface area (TPSA) is 254 Å². The molecule has 5 rings (SSSR count). The van der Waals surface area contributed by atoms with Gasteiger partial charge in [-0.2, -0.15) is 16.7 Å². The zero-order chi connectivity index (χ0) is 50.5. The fourth-order valence-corrected chi connectivity index (χ4v) is 8.76. The molecule has 0 radical (unpaired) electrons. The van der Waals surface area contributed by atoms with Gasteiger partial charge in [-0.15, -0.1) is 0 Å². The lowest BCUT2D eigenvalue weighted by molar-refractivity contribution is -0.123. The number of benzene rings is 2. The number of ether oxygens (including phenoxy) is 5. The molecule has 8 N–H and O–H groups in total. The van der Waals surface area contributed by atoms with Crippen LogP contribution in [0.4, 0.5) is 42.4 Å². The number of amides is 6. The Bertz CT molecular complexity index is 2180. The molecule has 0 aliphatic carbocycles. The van der Waals surface area contributed by atoms with Crippen molar-refractivity contribution in [3.05, 3.63) is 73.0 Å². The van der Waals surface area contributed by atoms with Crippen molar-refractivity contribution >= 4 is 70.3 Å². The van der Waals surface area contributed by atoms with E-state index in [1.165, 1.54) is 12.1 Å². The Labute approximate surface area is 416 Å². The number of fused-ring (bicyclic) bond motifs is 1. The van der Waals surface area contributed by atoms with E-state index in [0.29, 0.717) is 94.3 Å². The maximum atomic E-state index is 14.8. The van der Waals surface area contributed by atoms with E-state index in [1.807, 2.05) is 11.8 Å². The minimum atomic E-state index is -0.730. The van der Waals surface area contributed by atoms with Crippen molar-refractivity contribution in [3.63, 3.8) is 0 Å². The smallest absolute Gasteiger partial charge is 0.315 e. The van der Waals surface area contributed by atoms with Crippen LogP contribution in [0, 0.1) is 11.6 Å². The van der Waals surface area contributed by atoms with Gasteiger partial charge in [0.25, 0.3) is 0 Å². The van der Waals surface area contributed by atoms with Gasteiger partial charge in [-0.05, 0) is 68.5 Å². The fourth-order valence-electron chi connectivity index (χ4n) is 7.21. The monoisotopic (exact) mass is 1010 g/mol. The Morgan fingerprint density at radius 2 is 1.34 bits per heavy atom. The molecule has 1 aromatic heterocycles. The first-order valence-corrected chi connectivity index (χ1v) is 24.9. The van der Waals surface area contributed by atoms with E-state index < -0.39 is 17.5 Å². The van der Waals surface area contributed by atoms with Gasteiger partial charge < -0.3 is 66.2 Å². The zero-order valence-corrected chi connectivity index (χ0v) is 40.6.